The Labute approximate surface area is 123 Å². The van der Waals surface area contributed by atoms with Gasteiger partial charge in [-0.2, -0.15) is 0 Å². The zero-order valence-corrected chi connectivity index (χ0v) is 12.1. The second kappa shape index (κ2) is 8.21. The molecule has 1 aromatic carbocycles. The van der Waals surface area contributed by atoms with E-state index < -0.39 is 4.92 Å². The molecule has 1 rings (SSSR count). The standard InChI is InChI=1S/C14H20N2O5/c1-10(2)13(6-7-17)15-14(18)9-21-12-5-3-4-11(8-12)16(19)20/h3-5,8,10,13,17H,6-7,9H2,1-2H3,(H,15,18). The number of nitrogens with one attached hydrogen (secondary N) is 1. The number of aliphatic hydroxyl groups is 1. The number of hydrogen-bond acceptors (Lipinski definition) is 5. The highest BCUT2D eigenvalue weighted by atomic mass is 16.6. The van der Waals surface area contributed by atoms with Crippen molar-refractivity contribution in [2.45, 2.75) is 26.3 Å². The second-order valence-corrected chi connectivity index (χ2v) is 4.97. The van der Waals surface area contributed by atoms with Crippen LogP contribution in [-0.2, 0) is 4.79 Å². The number of non-ortho nitro benzene ring substituents is 1. The van der Waals surface area contributed by atoms with Crippen LogP contribution in [0.3, 0.4) is 0 Å². The van der Waals surface area contributed by atoms with E-state index in [9.17, 15) is 14.9 Å². The number of nitro groups is 1. The van der Waals surface area contributed by atoms with Crippen LogP contribution in [0.4, 0.5) is 5.69 Å². The van der Waals surface area contributed by atoms with Crippen LogP contribution in [0.5, 0.6) is 5.75 Å². The number of hydrogen-bond donors (Lipinski definition) is 2. The van der Waals surface area contributed by atoms with Crippen molar-refractivity contribution in [1.82, 2.24) is 5.32 Å². The highest BCUT2D eigenvalue weighted by molar-refractivity contribution is 5.77. The molecule has 0 saturated carbocycles. The Kier molecular flexibility index (Phi) is 6.61. The Morgan fingerprint density at radius 1 is 1.48 bits per heavy atom. The molecule has 7 nitrogen and oxygen atoms in total. The lowest BCUT2D eigenvalue weighted by Crippen LogP contribution is -2.41. The third kappa shape index (κ3) is 5.78. The third-order valence-electron chi connectivity index (χ3n) is 2.99. The van der Waals surface area contributed by atoms with Gasteiger partial charge in [-0.15, -0.1) is 0 Å². The predicted octanol–water partition coefficient (Wildman–Crippen LogP) is 1.50. The summed E-state index contributed by atoms with van der Waals surface area (Å²) in [6.45, 7) is 3.66. The monoisotopic (exact) mass is 296 g/mol. The number of nitro benzene ring substituents is 1. The van der Waals surface area contributed by atoms with Crippen LogP contribution in [0.15, 0.2) is 24.3 Å². The van der Waals surface area contributed by atoms with Gasteiger partial charge in [0, 0.05) is 18.7 Å². The maximum Gasteiger partial charge on any atom is 0.273 e. The smallest absolute Gasteiger partial charge is 0.273 e. The van der Waals surface area contributed by atoms with Crippen LogP contribution in [0, 0.1) is 16.0 Å². The molecule has 0 spiro atoms. The lowest BCUT2D eigenvalue weighted by atomic mass is 10.0. The van der Waals surface area contributed by atoms with Crippen molar-refractivity contribution < 1.29 is 19.6 Å². The number of nitrogens with zero attached hydrogens (tertiary/aromatic N) is 1. The summed E-state index contributed by atoms with van der Waals surface area (Å²) in [5.41, 5.74) is -0.0896. The number of carbonyl (C=O) groups is 1. The fraction of sp³-hybridized carbons (Fsp3) is 0.500. The van der Waals surface area contributed by atoms with Gasteiger partial charge in [-0.1, -0.05) is 19.9 Å². The van der Waals surface area contributed by atoms with Gasteiger partial charge in [0.2, 0.25) is 0 Å². The van der Waals surface area contributed by atoms with Crippen molar-refractivity contribution in [2.75, 3.05) is 13.2 Å². The molecule has 0 aromatic heterocycles. The van der Waals surface area contributed by atoms with Crippen LogP contribution in [0.2, 0.25) is 0 Å². The minimum Gasteiger partial charge on any atom is -0.484 e. The highest BCUT2D eigenvalue weighted by Gasteiger charge is 2.16. The number of carbonyl (C=O) groups excluding carboxylic acids is 1. The summed E-state index contributed by atoms with van der Waals surface area (Å²) >= 11 is 0. The predicted molar refractivity (Wildman–Crippen MR) is 77.1 cm³/mol. The van der Waals surface area contributed by atoms with Crippen LogP contribution >= 0.6 is 0 Å². The minimum absolute atomic E-state index is 0.00510. The van der Waals surface area contributed by atoms with E-state index in [0.717, 1.165) is 0 Å². The van der Waals surface area contributed by atoms with Crippen LogP contribution in [-0.4, -0.2) is 35.2 Å². The van der Waals surface area contributed by atoms with Gasteiger partial charge in [0.05, 0.1) is 11.0 Å². The van der Waals surface area contributed by atoms with Crippen molar-refractivity contribution >= 4 is 11.6 Å². The first-order valence-corrected chi connectivity index (χ1v) is 6.71. The fourth-order valence-electron chi connectivity index (χ4n) is 1.80. The lowest BCUT2D eigenvalue weighted by Gasteiger charge is -2.21. The molecule has 1 atom stereocenters. The van der Waals surface area contributed by atoms with Crippen LogP contribution in [0.25, 0.3) is 0 Å². The van der Waals surface area contributed by atoms with Crippen molar-refractivity contribution in [2.24, 2.45) is 5.92 Å². The number of benzene rings is 1. The van der Waals surface area contributed by atoms with Crippen molar-refractivity contribution in [3.63, 3.8) is 0 Å². The Morgan fingerprint density at radius 3 is 2.76 bits per heavy atom. The van der Waals surface area contributed by atoms with Crippen LogP contribution < -0.4 is 10.1 Å². The van der Waals surface area contributed by atoms with Gasteiger partial charge in [0.15, 0.2) is 6.61 Å². The molecule has 116 valence electrons. The first-order valence-electron chi connectivity index (χ1n) is 6.71. The molecule has 0 saturated heterocycles. The number of ether oxygens (including phenoxy) is 1. The summed E-state index contributed by atoms with van der Waals surface area (Å²) < 4.78 is 5.24. The molecule has 21 heavy (non-hydrogen) atoms. The molecular formula is C14H20N2O5. The first-order chi connectivity index (χ1) is 9.93. The molecule has 0 aliphatic heterocycles. The molecule has 7 heteroatoms. The molecule has 1 unspecified atom stereocenters. The minimum atomic E-state index is -0.525. The average molecular weight is 296 g/mol. The van der Waals surface area contributed by atoms with E-state index in [0.29, 0.717) is 6.42 Å². The van der Waals surface area contributed by atoms with Crippen molar-refractivity contribution in [3.05, 3.63) is 34.4 Å². The summed E-state index contributed by atoms with van der Waals surface area (Å²) in [5, 5.41) is 22.3. The largest absolute Gasteiger partial charge is 0.484 e. The van der Waals surface area contributed by atoms with Gasteiger partial charge in [0.25, 0.3) is 11.6 Å². The molecule has 1 amide bonds. The van der Waals surface area contributed by atoms with Gasteiger partial charge in [-0.3, -0.25) is 14.9 Å². The average Bonchev–Trinajstić information content (AvgIpc) is 2.45. The quantitative estimate of drug-likeness (QED) is 0.559. The number of amides is 1. The topological polar surface area (TPSA) is 102 Å². The highest BCUT2D eigenvalue weighted by Crippen LogP contribution is 2.18. The molecule has 0 heterocycles. The maximum atomic E-state index is 11.8. The first kappa shape index (κ1) is 16.9. The van der Waals surface area contributed by atoms with Gasteiger partial charge >= 0.3 is 0 Å². The van der Waals surface area contributed by atoms with E-state index in [2.05, 4.69) is 5.32 Å². The molecule has 0 aliphatic rings. The molecule has 0 radical (unpaired) electrons. The van der Waals surface area contributed by atoms with E-state index in [1.165, 1.54) is 18.2 Å². The van der Waals surface area contributed by atoms with Crippen molar-refractivity contribution in [1.29, 1.82) is 0 Å². The Hall–Kier alpha value is -2.15. The Morgan fingerprint density at radius 2 is 2.19 bits per heavy atom. The SMILES string of the molecule is CC(C)C(CCO)NC(=O)COc1cccc([N+](=O)[O-])c1. The summed E-state index contributed by atoms with van der Waals surface area (Å²) in [5.74, 6) is 0.134. The van der Waals surface area contributed by atoms with E-state index >= 15 is 0 Å². The number of aliphatic hydroxyl groups excluding tert-OH is 1. The second-order valence-electron chi connectivity index (χ2n) is 4.97. The van der Waals surface area contributed by atoms with Gasteiger partial charge in [0.1, 0.15) is 5.75 Å². The third-order valence-corrected chi connectivity index (χ3v) is 2.99. The van der Waals surface area contributed by atoms with E-state index in [-0.39, 0.29) is 42.5 Å². The number of rotatable bonds is 8. The normalized spacial score (nSPS) is 12.0. The molecular weight excluding hydrogens is 276 g/mol. The van der Waals surface area contributed by atoms with E-state index in [1.54, 1.807) is 6.07 Å². The molecule has 1 aromatic rings. The van der Waals surface area contributed by atoms with Gasteiger partial charge < -0.3 is 15.2 Å². The zero-order valence-electron chi connectivity index (χ0n) is 12.1. The van der Waals surface area contributed by atoms with Gasteiger partial charge in [-0.25, -0.2) is 0 Å². The maximum absolute atomic E-state index is 11.8. The summed E-state index contributed by atoms with van der Waals surface area (Å²) in [6.07, 6.45) is 0.472. The van der Waals surface area contributed by atoms with E-state index in [1.807, 2.05) is 13.8 Å². The fourth-order valence-corrected chi connectivity index (χ4v) is 1.80. The Balaban J connectivity index is 2.52. The molecule has 2 N–H and O–H groups in total. The molecule has 0 bridgehead atoms. The Bertz CT molecular complexity index is 490. The molecule has 0 fully saturated rings. The van der Waals surface area contributed by atoms with Gasteiger partial charge in [-0.05, 0) is 18.4 Å². The zero-order chi connectivity index (χ0) is 15.8. The van der Waals surface area contributed by atoms with Crippen LogP contribution in [0.1, 0.15) is 20.3 Å². The summed E-state index contributed by atoms with van der Waals surface area (Å²) in [6, 6.07) is 5.53. The molecule has 0 aliphatic carbocycles. The summed E-state index contributed by atoms with van der Waals surface area (Å²) in [4.78, 5) is 21.9. The van der Waals surface area contributed by atoms with E-state index in [4.69, 9.17) is 9.84 Å². The summed E-state index contributed by atoms with van der Waals surface area (Å²) in [7, 11) is 0. The van der Waals surface area contributed by atoms with Crippen molar-refractivity contribution in [3.8, 4) is 5.75 Å². The lowest BCUT2D eigenvalue weighted by molar-refractivity contribution is -0.384.